The van der Waals surface area contributed by atoms with E-state index in [1.807, 2.05) is 52.8 Å². The van der Waals surface area contributed by atoms with E-state index in [0.29, 0.717) is 17.9 Å². The molecule has 0 saturated carbocycles. The van der Waals surface area contributed by atoms with Gasteiger partial charge in [-0.2, -0.15) is 0 Å². The Labute approximate surface area is 209 Å². The SMILES string of the molecule is CC.CCOc1ccc(C(=O)NCc2cc(CC(OC(C)C)C(=O)O)ccc2OC)c(C(C)C)c1. The van der Waals surface area contributed by atoms with E-state index in [2.05, 4.69) is 5.32 Å². The minimum Gasteiger partial charge on any atom is -0.496 e. The highest BCUT2D eigenvalue weighted by Crippen LogP contribution is 2.26. The molecule has 0 spiro atoms. The Morgan fingerprint density at radius 2 is 1.71 bits per heavy atom. The van der Waals surface area contributed by atoms with Crippen LogP contribution in [0.15, 0.2) is 36.4 Å². The Balaban J connectivity index is 0.00000298. The highest BCUT2D eigenvalue weighted by Gasteiger charge is 2.21. The predicted molar refractivity (Wildman–Crippen MR) is 139 cm³/mol. The van der Waals surface area contributed by atoms with Gasteiger partial charge < -0.3 is 24.6 Å². The highest BCUT2D eigenvalue weighted by molar-refractivity contribution is 5.96. The van der Waals surface area contributed by atoms with E-state index in [0.717, 1.165) is 22.4 Å². The van der Waals surface area contributed by atoms with Crippen LogP contribution in [0.2, 0.25) is 0 Å². The van der Waals surface area contributed by atoms with E-state index < -0.39 is 12.1 Å². The minimum absolute atomic E-state index is 0.151. The Morgan fingerprint density at radius 1 is 1.03 bits per heavy atom. The van der Waals surface area contributed by atoms with E-state index in [9.17, 15) is 14.7 Å². The molecule has 2 aromatic rings. The van der Waals surface area contributed by atoms with Crippen molar-refractivity contribution in [1.82, 2.24) is 5.32 Å². The Bertz CT molecular complexity index is 954. The molecule has 0 radical (unpaired) electrons. The van der Waals surface area contributed by atoms with Crippen molar-refractivity contribution in [1.29, 1.82) is 0 Å². The number of hydrogen-bond donors (Lipinski definition) is 2. The van der Waals surface area contributed by atoms with Crippen LogP contribution in [0.4, 0.5) is 0 Å². The standard InChI is InChI=1S/C26H35NO6.C2H6/c1-7-32-20-9-10-21(22(14-20)16(2)3)25(28)27-15-19-12-18(8-11-23(19)31-6)13-24(26(29)30)33-17(4)5;1-2/h8-12,14,16-17,24H,7,13,15H2,1-6H3,(H,27,28)(H,29,30);1-2H3. The Kier molecular flexibility index (Phi) is 12.9. The number of hydrogen-bond acceptors (Lipinski definition) is 5. The van der Waals surface area contributed by atoms with Gasteiger partial charge in [0.15, 0.2) is 6.10 Å². The first-order valence-corrected chi connectivity index (χ1v) is 12.2. The summed E-state index contributed by atoms with van der Waals surface area (Å²) < 4.78 is 16.5. The number of nitrogens with one attached hydrogen (secondary N) is 1. The van der Waals surface area contributed by atoms with Crippen molar-refractivity contribution in [3.8, 4) is 11.5 Å². The molecule has 0 bridgehead atoms. The molecule has 1 atom stereocenters. The maximum Gasteiger partial charge on any atom is 0.333 e. The monoisotopic (exact) mass is 487 g/mol. The number of aliphatic carboxylic acids is 1. The second-order valence-corrected chi connectivity index (χ2v) is 8.38. The lowest BCUT2D eigenvalue weighted by atomic mass is 9.96. The van der Waals surface area contributed by atoms with E-state index in [4.69, 9.17) is 14.2 Å². The Morgan fingerprint density at radius 3 is 2.26 bits per heavy atom. The molecule has 1 unspecified atom stereocenters. The van der Waals surface area contributed by atoms with Gasteiger partial charge in [-0.05, 0) is 62.1 Å². The number of methoxy groups -OCH3 is 1. The summed E-state index contributed by atoms with van der Waals surface area (Å²) in [4.78, 5) is 24.6. The van der Waals surface area contributed by atoms with Crippen LogP contribution in [0.5, 0.6) is 11.5 Å². The molecule has 2 aromatic carbocycles. The minimum atomic E-state index is -1.01. The molecule has 7 nitrogen and oxygen atoms in total. The predicted octanol–water partition coefficient (Wildman–Crippen LogP) is 5.59. The fraction of sp³-hybridized carbons (Fsp3) is 0.500. The first-order valence-electron chi connectivity index (χ1n) is 12.2. The van der Waals surface area contributed by atoms with Gasteiger partial charge >= 0.3 is 5.97 Å². The number of carboxylic acids is 1. The van der Waals surface area contributed by atoms with E-state index in [-0.39, 0.29) is 30.9 Å². The summed E-state index contributed by atoms with van der Waals surface area (Å²) in [6.07, 6.45) is -0.930. The molecular formula is C28H41NO6. The molecule has 7 heteroatoms. The van der Waals surface area contributed by atoms with Gasteiger partial charge in [0.2, 0.25) is 0 Å². The zero-order chi connectivity index (χ0) is 26.5. The molecule has 2 rings (SSSR count). The summed E-state index contributed by atoms with van der Waals surface area (Å²) in [5, 5.41) is 12.4. The molecule has 2 N–H and O–H groups in total. The first-order chi connectivity index (χ1) is 16.7. The second-order valence-electron chi connectivity index (χ2n) is 8.38. The maximum absolute atomic E-state index is 13.0. The number of carboxylic acid groups (broad SMARTS) is 1. The number of amides is 1. The average molecular weight is 488 g/mol. The van der Waals surface area contributed by atoms with Crippen LogP contribution in [-0.4, -0.2) is 42.9 Å². The van der Waals surface area contributed by atoms with E-state index in [1.165, 1.54) is 0 Å². The molecule has 0 aliphatic carbocycles. The van der Waals surface area contributed by atoms with Crippen LogP contribution in [-0.2, 0) is 22.5 Å². The first kappa shape index (κ1) is 30.0. The largest absolute Gasteiger partial charge is 0.496 e. The number of ether oxygens (including phenoxy) is 3. The summed E-state index contributed by atoms with van der Waals surface area (Å²) in [7, 11) is 1.56. The lowest BCUT2D eigenvalue weighted by molar-refractivity contribution is -0.153. The molecule has 194 valence electrons. The molecule has 0 heterocycles. The van der Waals surface area contributed by atoms with Crippen molar-refractivity contribution in [3.05, 3.63) is 58.7 Å². The van der Waals surface area contributed by atoms with Crippen molar-refractivity contribution in [2.24, 2.45) is 0 Å². The van der Waals surface area contributed by atoms with Gasteiger partial charge in [0.1, 0.15) is 11.5 Å². The summed E-state index contributed by atoms with van der Waals surface area (Å²) >= 11 is 0. The molecular weight excluding hydrogens is 446 g/mol. The molecule has 35 heavy (non-hydrogen) atoms. The van der Waals surface area contributed by atoms with Crippen LogP contribution in [0.1, 0.15) is 81.4 Å². The summed E-state index contributed by atoms with van der Waals surface area (Å²) in [5.41, 5.74) is 3.06. The Hall–Kier alpha value is -3.06. The molecule has 0 saturated heterocycles. The summed E-state index contributed by atoms with van der Waals surface area (Å²) in [5.74, 6) is 0.306. The van der Waals surface area contributed by atoms with Crippen molar-refractivity contribution in [3.63, 3.8) is 0 Å². The van der Waals surface area contributed by atoms with Gasteiger partial charge in [-0.25, -0.2) is 4.79 Å². The molecule has 0 aromatic heterocycles. The van der Waals surface area contributed by atoms with Crippen LogP contribution in [0.25, 0.3) is 0 Å². The van der Waals surface area contributed by atoms with E-state index in [1.54, 1.807) is 39.2 Å². The number of carbonyl (C=O) groups is 2. The van der Waals surface area contributed by atoms with Gasteiger partial charge in [-0.3, -0.25) is 4.79 Å². The molecule has 1 amide bonds. The van der Waals surface area contributed by atoms with Gasteiger partial charge in [0.25, 0.3) is 5.91 Å². The van der Waals surface area contributed by atoms with Crippen molar-refractivity contribution in [2.75, 3.05) is 13.7 Å². The van der Waals surface area contributed by atoms with Crippen LogP contribution >= 0.6 is 0 Å². The molecule has 0 aliphatic rings. The van der Waals surface area contributed by atoms with Crippen LogP contribution < -0.4 is 14.8 Å². The number of rotatable bonds is 12. The topological polar surface area (TPSA) is 94.1 Å². The average Bonchev–Trinajstić information content (AvgIpc) is 2.83. The molecule has 0 fully saturated rings. The van der Waals surface area contributed by atoms with E-state index >= 15 is 0 Å². The lowest BCUT2D eigenvalue weighted by Crippen LogP contribution is -2.29. The van der Waals surface area contributed by atoms with Gasteiger partial charge in [0, 0.05) is 24.1 Å². The quantitative estimate of drug-likeness (QED) is 0.405. The highest BCUT2D eigenvalue weighted by atomic mass is 16.5. The third-order valence-electron chi connectivity index (χ3n) is 5.12. The summed E-state index contributed by atoms with van der Waals surface area (Å²) in [6.45, 7) is 14.4. The fourth-order valence-electron chi connectivity index (χ4n) is 3.59. The zero-order valence-corrected chi connectivity index (χ0v) is 22.3. The second kappa shape index (κ2) is 15.0. The fourth-order valence-corrected chi connectivity index (χ4v) is 3.59. The zero-order valence-electron chi connectivity index (χ0n) is 22.3. The van der Waals surface area contributed by atoms with Gasteiger partial charge in [-0.15, -0.1) is 0 Å². The molecule has 0 aliphatic heterocycles. The number of benzene rings is 2. The lowest BCUT2D eigenvalue weighted by Gasteiger charge is -2.18. The van der Waals surface area contributed by atoms with Crippen molar-refractivity contribution < 1.29 is 28.9 Å². The third kappa shape index (κ3) is 9.25. The normalized spacial score (nSPS) is 11.5. The summed E-state index contributed by atoms with van der Waals surface area (Å²) in [6, 6.07) is 10.9. The smallest absolute Gasteiger partial charge is 0.333 e. The van der Waals surface area contributed by atoms with Crippen molar-refractivity contribution in [2.45, 2.75) is 79.6 Å². The van der Waals surface area contributed by atoms with Crippen LogP contribution in [0, 0.1) is 0 Å². The van der Waals surface area contributed by atoms with Crippen LogP contribution in [0.3, 0.4) is 0 Å². The number of carbonyl (C=O) groups excluding carboxylic acids is 1. The van der Waals surface area contributed by atoms with Gasteiger partial charge in [-0.1, -0.05) is 39.8 Å². The maximum atomic E-state index is 13.0. The van der Waals surface area contributed by atoms with Gasteiger partial charge in [0.05, 0.1) is 19.8 Å². The van der Waals surface area contributed by atoms with Crippen molar-refractivity contribution >= 4 is 11.9 Å². The third-order valence-corrected chi connectivity index (χ3v) is 5.12.